The second-order valence-corrected chi connectivity index (χ2v) is 6.18. The van der Waals surface area contributed by atoms with E-state index >= 15 is 0 Å². The van der Waals surface area contributed by atoms with Gasteiger partial charge in [-0.05, 0) is 25.5 Å². The zero-order chi connectivity index (χ0) is 12.6. The van der Waals surface area contributed by atoms with Gasteiger partial charge in [0.2, 0.25) is 10.0 Å². The Morgan fingerprint density at radius 1 is 1.47 bits per heavy atom. The first-order valence-corrected chi connectivity index (χ1v) is 6.88. The van der Waals surface area contributed by atoms with Crippen LogP contribution in [-0.4, -0.2) is 31.9 Å². The van der Waals surface area contributed by atoms with Gasteiger partial charge in [-0.1, -0.05) is 6.07 Å². The number of nitrogens with two attached hydrogens (primary N) is 1. The van der Waals surface area contributed by atoms with E-state index in [1.807, 2.05) is 0 Å². The lowest BCUT2D eigenvalue weighted by Crippen LogP contribution is -2.32. The van der Waals surface area contributed by atoms with Crippen LogP contribution in [-0.2, 0) is 10.0 Å². The maximum Gasteiger partial charge on any atom is 0.243 e. The van der Waals surface area contributed by atoms with Crippen molar-refractivity contribution in [2.24, 2.45) is 5.73 Å². The summed E-state index contributed by atoms with van der Waals surface area (Å²) in [5, 5.41) is 0. The molecule has 1 saturated heterocycles. The van der Waals surface area contributed by atoms with E-state index in [-0.39, 0.29) is 16.5 Å². The molecule has 1 fully saturated rings. The summed E-state index contributed by atoms with van der Waals surface area (Å²) in [5.41, 5.74) is 5.85. The van der Waals surface area contributed by atoms with Gasteiger partial charge in [0, 0.05) is 24.7 Å². The molecule has 6 heteroatoms. The van der Waals surface area contributed by atoms with Crippen LogP contribution < -0.4 is 5.73 Å². The minimum absolute atomic E-state index is 0.0339. The third kappa shape index (κ3) is 2.20. The van der Waals surface area contributed by atoms with E-state index in [2.05, 4.69) is 0 Å². The van der Waals surface area contributed by atoms with Gasteiger partial charge < -0.3 is 5.73 Å². The quantitative estimate of drug-likeness (QED) is 0.855. The molecule has 1 aliphatic heterocycles. The summed E-state index contributed by atoms with van der Waals surface area (Å²) in [6, 6.07) is 3.96. The number of rotatable bonds is 2. The summed E-state index contributed by atoms with van der Waals surface area (Å²) in [5.74, 6) is -0.505. The number of halogens is 1. The zero-order valence-electron chi connectivity index (χ0n) is 9.56. The fourth-order valence-corrected chi connectivity index (χ4v) is 3.73. The molecular weight excluding hydrogens is 243 g/mol. The highest BCUT2D eigenvalue weighted by Gasteiger charge is 2.32. The van der Waals surface area contributed by atoms with Crippen LogP contribution in [0.1, 0.15) is 12.0 Å². The van der Waals surface area contributed by atoms with Gasteiger partial charge in [0.15, 0.2) is 0 Å². The van der Waals surface area contributed by atoms with Crippen molar-refractivity contribution >= 4 is 10.0 Å². The van der Waals surface area contributed by atoms with Crippen LogP contribution >= 0.6 is 0 Å². The van der Waals surface area contributed by atoms with Crippen LogP contribution in [0.25, 0.3) is 0 Å². The predicted molar refractivity (Wildman–Crippen MR) is 62.5 cm³/mol. The van der Waals surface area contributed by atoms with Gasteiger partial charge in [-0.2, -0.15) is 4.31 Å². The molecule has 2 N–H and O–H groups in total. The first-order valence-electron chi connectivity index (χ1n) is 5.44. The van der Waals surface area contributed by atoms with Crippen molar-refractivity contribution in [1.29, 1.82) is 0 Å². The molecule has 0 radical (unpaired) electrons. The summed E-state index contributed by atoms with van der Waals surface area (Å²) in [6.45, 7) is 2.18. The lowest BCUT2D eigenvalue weighted by molar-refractivity contribution is 0.471. The Morgan fingerprint density at radius 2 is 2.18 bits per heavy atom. The zero-order valence-corrected chi connectivity index (χ0v) is 10.4. The van der Waals surface area contributed by atoms with Crippen molar-refractivity contribution in [1.82, 2.24) is 4.31 Å². The lowest BCUT2D eigenvalue weighted by Gasteiger charge is -2.17. The third-order valence-electron chi connectivity index (χ3n) is 3.02. The largest absolute Gasteiger partial charge is 0.326 e. The summed E-state index contributed by atoms with van der Waals surface area (Å²) >= 11 is 0. The standard InChI is InChI=1S/C11H15FN2O2S/c1-8-10(12)3-2-4-11(8)17(15,16)14-6-5-9(13)7-14/h2-4,9H,5-7,13H2,1H3/t9-/m1/s1. The van der Waals surface area contributed by atoms with E-state index in [1.54, 1.807) is 0 Å². The average Bonchev–Trinajstić information content (AvgIpc) is 2.69. The molecule has 1 atom stereocenters. The van der Waals surface area contributed by atoms with Crippen LogP contribution in [0.2, 0.25) is 0 Å². The van der Waals surface area contributed by atoms with E-state index in [0.717, 1.165) is 0 Å². The van der Waals surface area contributed by atoms with E-state index in [1.165, 1.54) is 29.4 Å². The molecule has 0 bridgehead atoms. The molecule has 17 heavy (non-hydrogen) atoms. The summed E-state index contributed by atoms with van der Waals surface area (Å²) in [6.07, 6.45) is 0.646. The maximum absolute atomic E-state index is 13.4. The third-order valence-corrected chi connectivity index (χ3v) is 5.03. The van der Waals surface area contributed by atoms with Crippen molar-refractivity contribution in [3.8, 4) is 0 Å². The van der Waals surface area contributed by atoms with Crippen LogP contribution in [0.4, 0.5) is 4.39 Å². The Hall–Kier alpha value is -0.980. The summed E-state index contributed by atoms with van der Waals surface area (Å²) in [4.78, 5) is 0.0339. The van der Waals surface area contributed by atoms with Gasteiger partial charge in [-0.25, -0.2) is 12.8 Å². The number of hydrogen-bond acceptors (Lipinski definition) is 3. The Balaban J connectivity index is 2.42. The molecule has 2 rings (SSSR count). The van der Waals surface area contributed by atoms with Crippen LogP contribution in [0.3, 0.4) is 0 Å². The van der Waals surface area contributed by atoms with E-state index < -0.39 is 15.8 Å². The minimum Gasteiger partial charge on any atom is -0.326 e. The monoisotopic (exact) mass is 258 g/mol. The highest BCUT2D eigenvalue weighted by atomic mass is 32.2. The summed E-state index contributed by atoms with van der Waals surface area (Å²) in [7, 11) is -3.61. The number of benzene rings is 1. The molecule has 1 aromatic carbocycles. The van der Waals surface area contributed by atoms with Crippen molar-refractivity contribution in [2.45, 2.75) is 24.3 Å². The van der Waals surface area contributed by atoms with E-state index in [0.29, 0.717) is 19.5 Å². The lowest BCUT2D eigenvalue weighted by atomic mass is 10.2. The van der Waals surface area contributed by atoms with Gasteiger partial charge >= 0.3 is 0 Å². The SMILES string of the molecule is Cc1c(F)cccc1S(=O)(=O)N1CC[C@@H](N)C1. The van der Waals surface area contributed by atoms with Crippen LogP contribution in [0, 0.1) is 12.7 Å². The Labute approximate surface area is 100 Å². The van der Waals surface area contributed by atoms with Crippen molar-refractivity contribution in [2.75, 3.05) is 13.1 Å². The number of nitrogens with zero attached hydrogens (tertiary/aromatic N) is 1. The molecule has 0 spiro atoms. The Morgan fingerprint density at radius 3 is 2.76 bits per heavy atom. The Kier molecular flexibility index (Phi) is 3.20. The highest BCUT2D eigenvalue weighted by molar-refractivity contribution is 7.89. The molecule has 1 aromatic rings. The van der Waals surface area contributed by atoms with Crippen molar-refractivity contribution in [3.05, 3.63) is 29.6 Å². The van der Waals surface area contributed by atoms with Gasteiger partial charge in [-0.15, -0.1) is 0 Å². The molecule has 0 unspecified atom stereocenters. The molecular formula is C11H15FN2O2S. The second kappa shape index (κ2) is 4.36. The molecule has 0 aliphatic carbocycles. The van der Waals surface area contributed by atoms with Crippen molar-refractivity contribution < 1.29 is 12.8 Å². The van der Waals surface area contributed by atoms with E-state index in [4.69, 9.17) is 5.73 Å². The van der Waals surface area contributed by atoms with E-state index in [9.17, 15) is 12.8 Å². The first-order chi connectivity index (χ1) is 7.93. The molecule has 0 amide bonds. The Bertz CT molecular complexity index is 530. The fraction of sp³-hybridized carbons (Fsp3) is 0.455. The normalized spacial score (nSPS) is 21.9. The van der Waals surface area contributed by atoms with Crippen molar-refractivity contribution in [3.63, 3.8) is 0 Å². The average molecular weight is 258 g/mol. The molecule has 0 aromatic heterocycles. The highest BCUT2D eigenvalue weighted by Crippen LogP contribution is 2.24. The molecule has 1 heterocycles. The first kappa shape index (κ1) is 12.5. The minimum atomic E-state index is -3.61. The van der Waals surface area contributed by atoms with Crippen LogP contribution in [0.5, 0.6) is 0 Å². The molecule has 0 saturated carbocycles. The second-order valence-electron chi connectivity index (χ2n) is 4.27. The van der Waals surface area contributed by atoms with Crippen LogP contribution in [0.15, 0.2) is 23.1 Å². The van der Waals surface area contributed by atoms with Gasteiger partial charge in [-0.3, -0.25) is 0 Å². The number of hydrogen-bond donors (Lipinski definition) is 1. The molecule has 1 aliphatic rings. The van der Waals surface area contributed by atoms with Gasteiger partial charge in [0.1, 0.15) is 5.82 Å². The number of sulfonamides is 1. The summed E-state index contributed by atoms with van der Waals surface area (Å²) < 4.78 is 39.2. The van der Waals surface area contributed by atoms with Gasteiger partial charge in [0.25, 0.3) is 0 Å². The topological polar surface area (TPSA) is 63.4 Å². The van der Waals surface area contributed by atoms with Gasteiger partial charge in [0.05, 0.1) is 4.90 Å². The molecule has 4 nitrogen and oxygen atoms in total. The molecule has 94 valence electrons. The fourth-order valence-electron chi connectivity index (χ4n) is 1.98. The smallest absolute Gasteiger partial charge is 0.243 e. The maximum atomic E-state index is 13.4. The predicted octanol–water partition coefficient (Wildman–Crippen LogP) is 0.856.